The van der Waals surface area contributed by atoms with Crippen LogP contribution in [0.4, 0.5) is 5.69 Å². The molecule has 1 N–H and O–H groups in total. The van der Waals surface area contributed by atoms with Gasteiger partial charge in [-0.05, 0) is 56.7 Å². The molecule has 0 aliphatic carbocycles. The van der Waals surface area contributed by atoms with Gasteiger partial charge in [-0.25, -0.2) is 8.42 Å². The van der Waals surface area contributed by atoms with Gasteiger partial charge in [-0.1, -0.05) is 53.9 Å². The molecule has 226 valence electrons. The summed E-state index contributed by atoms with van der Waals surface area (Å²) in [7, 11) is -1.46. The van der Waals surface area contributed by atoms with E-state index >= 15 is 0 Å². The third kappa shape index (κ3) is 7.48. The third-order valence-corrected chi connectivity index (χ3v) is 9.15. The Morgan fingerprint density at radius 2 is 1.55 bits per heavy atom. The minimum Gasteiger partial charge on any atom is -0.493 e. The molecule has 42 heavy (non-hydrogen) atoms. The number of hydrogen-bond donors (Lipinski definition) is 1. The fourth-order valence-corrected chi connectivity index (χ4v) is 6.36. The number of aryl methyl sites for hydroxylation is 1. The van der Waals surface area contributed by atoms with Gasteiger partial charge in [0.1, 0.15) is 12.6 Å². The third-order valence-electron chi connectivity index (χ3n) is 6.67. The highest BCUT2D eigenvalue weighted by atomic mass is 35.5. The Labute approximate surface area is 257 Å². The number of nitrogens with one attached hydrogen (secondary N) is 1. The summed E-state index contributed by atoms with van der Waals surface area (Å²) in [5.41, 5.74) is 1.62. The Kier molecular flexibility index (Phi) is 11.5. The van der Waals surface area contributed by atoms with Gasteiger partial charge in [0, 0.05) is 34.8 Å². The molecule has 3 aromatic rings. The standard InChI is InChI=1S/C30H35Cl2N3O6S/c1-6-26(30(37)33-7-2)34(18-23-24(31)9-8-10-25(23)32)29(36)19-35(21-13-11-20(3)12-14-21)42(38,39)22-15-16-27(40-4)28(17-22)41-5/h8-17,26H,6-7,18-19H2,1-5H3,(H,33,37). The van der Waals surface area contributed by atoms with E-state index in [2.05, 4.69) is 5.32 Å². The number of likely N-dealkylation sites (N-methyl/N-ethyl adjacent to an activating group) is 1. The maximum Gasteiger partial charge on any atom is 0.264 e. The molecule has 1 atom stereocenters. The quantitative estimate of drug-likeness (QED) is 0.267. The summed E-state index contributed by atoms with van der Waals surface area (Å²) in [4.78, 5) is 28.5. The second kappa shape index (κ2) is 14.6. The van der Waals surface area contributed by atoms with Crippen LogP contribution in [0.2, 0.25) is 10.0 Å². The molecule has 0 radical (unpaired) electrons. The van der Waals surface area contributed by atoms with Crippen molar-refractivity contribution in [2.45, 2.75) is 44.7 Å². The molecular formula is C30H35Cl2N3O6S. The van der Waals surface area contributed by atoms with Gasteiger partial charge in [-0.2, -0.15) is 0 Å². The smallest absolute Gasteiger partial charge is 0.264 e. The Morgan fingerprint density at radius 1 is 0.929 bits per heavy atom. The predicted molar refractivity (Wildman–Crippen MR) is 165 cm³/mol. The molecule has 3 aromatic carbocycles. The van der Waals surface area contributed by atoms with Crippen LogP contribution in [0.5, 0.6) is 11.5 Å². The van der Waals surface area contributed by atoms with Gasteiger partial charge in [-0.3, -0.25) is 13.9 Å². The minimum atomic E-state index is -4.31. The first-order valence-electron chi connectivity index (χ1n) is 13.3. The molecule has 3 rings (SSSR count). The maximum atomic E-state index is 14.1. The van der Waals surface area contributed by atoms with Gasteiger partial charge in [0.2, 0.25) is 11.8 Å². The van der Waals surface area contributed by atoms with Crippen molar-refractivity contribution in [1.29, 1.82) is 0 Å². The van der Waals surface area contributed by atoms with Crippen molar-refractivity contribution < 1.29 is 27.5 Å². The molecule has 9 nitrogen and oxygen atoms in total. The van der Waals surface area contributed by atoms with E-state index in [9.17, 15) is 18.0 Å². The summed E-state index contributed by atoms with van der Waals surface area (Å²) in [5, 5.41) is 3.40. The molecule has 1 unspecified atom stereocenters. The predicted octanol–water partition coefficient (Wildman–Crippen LogP) is 5.46. The minimum absolute atomic E-state index is 0.106. The van der Waals surface area contributed by atoms with Gasteiger partial charge >= 0.3 is 0 Å². The molecule has 0 spiro atoms. The van der Waals surface area contributed by atoms with E-state index in [1.54, 1.807) is 56.3 Å². The molecule has 0 aliphatic rings. The van der Waals surface area contributed by atoms with Gasteiger partial charge < -0.3 is 19.7 Å². The zero-order chi connectivity index (χ0) is 31.0. The zero-order valence-electron chi connectivity index (χ0n) is 24.2. The fraction of sp³-hybridized carbons (Fsp3) is 0.333. The molecule has 0 saturated carbocycles. The van der Waals surface area contributed by atoms with Crippen LogP contribution in [-0.4, -0.2) is 58.5 Å². The van der Waals surface area contributed by atoms with Crippen molar-refractivity contribution in [1.82, 2.24) is 10.2 Å². The number of sulfonamides is 1. The van der Waals surface area contributed by atoms with Gasteiger partial charge in [0.15, 0.2) is 11.5 Å². The number of carbonyl (C=O) groups is 2. The molecule has 0 bridgehead atoms. The van der Waals surface area contributed by atoms with E-state index in [4.69, 9.17) is 32.7 Å². The fourth-order valence-electron chi connectivity index (χ4n) is 4.41. The summed E-state index contributed by atoms with van der Waals surface area (Å²) in [6.07, 6.45) is 0.270. The van der Waals surface area contributed by atoms with Crippen LogP contribution < -0.4 is 19.1 Å². The summed E-state index contributed by atoms with van der Waals surface area (Å²) in [6.45, 7) is 5.06. The van der Waals surface area contributed by atoms with Gasteiger partial charge in [-0.15, -0.1) is 0 Å². The Balaban J connectivity index is 2.13. The number of carbonyl (C=O) groups excluding carboxylic acids is 2. The number of nitrogens with zero attached hydrogens (tertiary/aromatic N) is 2. The normalized spacial score (nSPS) is 11.9. The Morgan fingerprint density at radius 3 is 2.10 bits per heavy atom. The van der Waals surface area contributed by atoms with E-state index in [0.29, 0.717) is 27.9 Å². The van der Waals surface area contributed by atoms with E-state index < -0.39 is 28.5 Å². The average molecular weight is 637 g/mol. The maximum absolute atomic E-state index is 14.1. The lowest BCUT2D eigenvalue weighted by molar-refractivity contribution is -0.140. The van der Waals surface area contributed by atoms with Crippen LogP contribution in [0.25, 0.3) is 0 Å². The highest BCUT2D eigenvalue weighted by Gasteiger charge is 2.34. The lowest BCUT2D eigenvalue weighted by atomic mass is 10.1. The number of rotatable bonds is 13. The highest BCUT2D eigenvalue weighted by molar-refractivity contribution is 7.92. The number of hydrogen-bond acceptors (Lipinski definition) is 6. The lowest BCUT2D eigenvalue weighted by Gasteiger charge is -2.33. The molecule has 2 amide bonds. The second-order valence-corrected chi connectivity index (χ2v) is 12.1. The van der Waals surface area contributed by atoms with Crippen LogP contribution in [-0.2, 0) is 26.2 Å². The van der Waals surface area contributed by atoms with Crippen molar-refractivity contribution >= 4 is 50.7 Å². The first kappa shape index (κ1) is 33.0. The number of anilines is 1. The van der Waals surface area contributed by atoms with Crippen molar-refractivity contribution in [3.63, 3.8) is 0 Å². The molecule has 0 aromatic heterocycles. The van der Waals surface area contributed by atoms with Crippen LogP contribution in [0.15, 0.2) is 65.6 Å². The molecule has 12 heteroatoms. The Bertz CT molecular complexity index is 1500. The second-order valence-electron chi connectivity index (χ2n) is 9.40. The number of halogens is 2. The monoisotopic (exact) mass is 635 g/mol. The van der Waals surface area contributed by atoms with Crippen LogP contribution in [0, 0.1) is 6.92 Å². The summed E-state index contributed by atoms with van der Waals surface area (Å²) < 4.78 is 39.8. The SMILES string of the molecule is CCNC(=O)C(CC)N(Cc1c(Cl)cccc1Cl)C(=O)CN(c1ccc(C)cc1)S(=O)(=O)c1ccc(OC)c(OC)c1. The summed E-state index contributed by atoms with van der Waals surface area (Å²) >= 11 is 12.9. The number of ether oxygens (including phenoxy) is 2. The first-order valence-corrected chi connectivity index (χ1v) is 15.5. The van der Waals surface area contributed by atoms with Crippen LogP contribution in [0.1, 0.15) is 31.4 Å². The number of benzene rings is 3. The van der Waals surface area contributed by atoms with E-state index in [1.165, 1.54) is 37.3 Å². The van der Waals surface area contributed by atoms with Gasteiger partial charge in [0.25, 0.3) is 10.0 Å². The Hall–Kier alpha value is -3.47. The molecule has 0 fully saturated rings. The van der Waals surface area contributed by atoms with Crippen molar-refractivity contribution in [2.75, 3.05) is 31.6 Å². The highest BCUT2D eigenvalue weighted by Crippen LogP contribution is 2.33. The zero-order valence-corrected chi connectivity index (χ0v) is 26.5. The largest absolute Gasteiger partial charge is 0.493 e. The number of amides is 2. The van der Waals surface area contributed by atoms with Gasteiger partial charge in [0.05, 0.1) is 24.8 Å². The molecular weight excluding hydrogens is 601 g/mol. The number of methoxy groups -OCH3 is 2. The molecule has 0 aliphatic heterocycles. The van der Waals surface area contributed by atoms with Crippen molar-refractivity contribution in [2.24, 2.45) is 0 Å². The van der Waals surface area contributed by atoms with E-state index in [-0.39, 0.29) is 35.2 Å². The average Bonchev–Trinajstić information content (AvgIpc) is 2.97. The molecule has 0 saturated heterocycles. The van der Waals surface area contributed by atoms with Crippen LogP contribution in [0.3, 0.4) is 0 Å². The lowest BCUT2D eigenvalue weighted by Crippen LogP contribution is -2.52. The topological polar surface area (TPSA) is 105 Å². The summed E-state index contributed by atoms with van der Waals surface area (Å²) in [5.74, 6) is -0.425. The van der Waals surface area contributed by atoms with Crippen molar-refractivity contribution in [3.8, 4) is 11.5 Å². The summed E-state index contributed by atoms with van der Waals surface area (Å²) in [6, 6.07) is 15.0. The van der Waals surface area contributed by atoms with E-state index in [1.807, 2.05) is 6.92 Å². The van der Waals surface area contributed by atoms with E-state index in [0.717, 1.165) is 9.87 Å². The van der Waals surface area contributed by atoms with Crippen molar-refractivity contribution in [3.05, 3.63) is 81.8 Å². The van der Waals surface area contributed by atoms with Crippen LogP contribution >= 0.6 is 23.2 Å². The first-order chi connectivity index (χ1) is 20.0. The molecule has 0 heterocycles.